The van der Waals surface area contributed by atoms with E-state index in [2.05, 4.69) is 10.5 Å². The first-order valence-electron chi connectivity index (χ1n) is 7.04. The number of ether oxygens (including phenoxy) is 1. The first-order chi connectivity index (χ1) is 11.1. The molecule has 2 aromatic carbocycles. The molecule has 2 rings (SSSR count). The maximum absolute atomic E-state index is 11.7. The SMILES string of the molecule is COc1cccc(C=NNC(=O)C=Cc2ccc(C)cc2)c1O. The summed E-state index contributed by atoms with van der Waals surface area (Å²) >= 11 is 0. The fourth-order valence-electron chi connectivity index (χ4n) is 1.86. The Balaban J connectivity index is 1.95. The number of hydrogen-bond donors (Lipinski definition) is 2. The Morgan fingerprint density at radius 3 is 2.65 bits per heavy atom. The third kappa shape index (κ3) is 4.71. The number of hydrogen-bond acceptors (Lipinski definition) is 4. The van der Waals surface area contributed by atoms with E-state index in [0.717, 1.165) is 11.1 Å². The maximum atomic E-state index is 11.7. The number of para-hydroxylation sites is 1. The molecule has 5 nitrogen and oxygen atoms in total. The minimum Gasteiger partial charge on any atom is -0.504 e. The molecule has 23 heavy (non-hydrogen) atoms. The van der Waals surface area contributed by atoms with Gasteiger partial charge < -0.3 is 9.84 Å². The van der Waals surface area contributed by atoms with Gasteiger partial charge in [0.25, 0.3) is 5.91 Å². The Hall–Kier alpha value is -3.08. The third-order valence-corrected chi connectivity index (χ3v) is 3.13. The number of carbonyl (C=O) groups excluding carboxylic acids is 1. The lowest BCUT2D eigenvalue weighted by Gasteiger charge is -2.04. The fourth-order valence-corrected chi connectivity index (χ4v) is 1.86. The lowest BCUT2D eigenvalue weighted by Crippen LogP contribution is -2.14. The van der Waals surface area contributed by atoms with E-state index in [9.17, 15) is 9.90 Å². The van der Waals surface area contributed by atoms with Crippen LogP contribution in [0.5, 0.6) is 11.5 Å². The van der Waals surface area contributed by atoms with E-state index < -0.39 is 0 Å². The standard InChI is InChI=1S/C18H18N2O3/c1-13-6-8-14(9-7-13)10-11-17(21)20-19-12-15-4-3-5-16(23-2)18(15)22/h3-12,22H,1-2H3,(H,20,21). The number of carbonyl (C=O) groups is 1. The third-order valence-electron chi connectivity index (χ3n) is 3.13. The van der Waals surface area contributed by atoms with E-state index in [-0.39, 0.29) is 11.7 Å². The molecule has 0 radical (unpaired) electrons. The van der Waals surface area contributed by atoms with Crippen LogP contribution >= 0.6 is 0 Å². The zero-order chi connectivity index (χ0) is 16.7. The Morgan fingerprint density at radius 2 is 1.96 bits per heavy atom. The van der Waals surface area contributed by atoms with Crippen LogP contribution in [-0.2, 0) is 4.79 Å². The molecular weight excluding hydrogens is 292 g/mol. The summed E-state index contributed by atoms with van der Waals surface area (Å²) in [4.78, 5) is 11.7. The van der Waals surface area contributed by atoms with E-state index >= 15 is 0 Å². The van der Waals surface area contributed by atoms with Crippen LogP contribution in [0.4, 0.5) is 0 Å². The molecule has 0 aliphatic carbocycles. The molecule has 0 atom stereocenters. The van der Waals surface area contributed by atoms with Crippen molar-refractivity contribution in [2.75, 3.05) is 7.11 Å². The van der Waals surface area contributed by atoms with E-state index in [1.807, 2.05) is 31.2 Å². The average molecular weight is 310 g/mol. The van der Waals surface area contributed by atoms with Crippen LogP contribution in [0.1, 0.15) is 16.7 Å². The van der Waals surface area contributed by atoms with Crippen molar-refractivity contribution in [3.05, 3.63) is 65.2 Å². The minimum atomic E-state index is -0.357. The molecule has 0 aliphatic rings. The van der Waals surface area contributed by atoms with Gasteiger partial charge in [-0.15, -0.1) is 0 Å². The van der Waals surface area contributed by atoms with E-state index in [0.29, 0.717) is 11.3 Å². The normalized spacial score (nSPS) is 11.0. The van der Waals surface area contributed by atoms with E-state index in [1.165, 1.54) is 19.4 Å². The van der Waals surface area contributed by atoms with Crippen LogP contribution in [0.3, 0.4) is 0 Å². The van der Waals surface area contributed by atoms with Gasteiger partial charge in [-0.1, -0.05) is 35.9 Å². The van der Waals surface area contributed by atoms with Crippen LogP contribution in [0.25, 0.3) is 6.08 Å². The molecule has 0 spiro atoms. The van der Waals surface area contributed by atoms with Crippen molar-refractivity contribution in [3.8, 4) is 11.5 Å². The number of nitrogens with one attached hydrogen (secondary N) is 1. The summed E-state index contributed by atoms with van der Waals surface area (Å²) in [6.07, 6.45) is 4.45. The summed E-state index contributed by atoms with van der Waals surface area (Å²) in [6.45, 7) is 2.00. The van der Waals surface area contributed by atoms with Gasteiger partial charge in [0.15, 0.2) is 11.5 Å². The van der Waals surface area contributed by atoms with Crippen molar-refractivity contribution in [1.82, 2.24) is 5.43 Å². The zero-order valence-electron chi connectivity index (χ0n) is 13.0. The summed E-state index contributed by atoms with van der Waals surface area (Å²) in [5.41, 5.74) is 4.91. The molecule has 0 bridgehead atoms. The lowest BCUT2D eigenvalue weighted by atomic mass is 10.1. The van der Waals surface area contributed by atoms with Gasteiger partial charge in [0.2, 0.25) is 0 Å². The number of phenolic OH excluding ortho intramolecular Hbond substituents is 1. The molecule has 118 valence electrons. The highest BCUT2D eigenvalue weighted by Gasteiger charge is 2.04. The Kier molecular flexibility index (Phi) is 5.52. The predicted octanol–water partition coefficient (Wildman–Crippen LogP) is 2.87. The Labute approximate surface area is 134 Å². The lowest BCUT2D eigenvalue weighted by molar-refractivity contribution is -0.116. The number of amides is 1. The monoisotopic (exact) mass is 310 g/mol. The van der Waals surface area contributed by atoms with Gasteiger partial charge in [-0.3, -0.25) is 4.79 Å². The van der Waals surface area contributed by atoms with Crippen LogP contribution in [-0.4, -0.2) is 24.3 Å². The van der Waals surface area contributed by atoms with Gasteiger partial charge in [-0.05, 0) is 30.7 Å². The molecule has 0 aliphatic heterocycles. The molecule has 2 aromatic rings. The summed E-state index contributed by atoms with van der Waals surface area (Å²) in [5, 5.41) is 13.7. The van der Waals surface area contributed by atoms with Gasteiger partial charge in [-0.2, -0.15) is 5.10 Å². The van der Waals surface area contributed by atoms with Gasteiger partial charge in [-0.25, -0.2) is 5.43 Å². The highest BCUT2D eigenvalue weighted by Crippen LogP contribution is 2.27. The molecule has 2 N–H and O–H groups in total. The smallest absolute Gasteiger partial charge is 0.264 e. The average Bonchev–Trinajstić information content (AvgIpc) is 2.56. The van der Waals surface area contributed by atoms with Gasteiger partial charge in [0, 0.05) is 11.6 Å². The molecule has 0 saturated heterocycles. The number of aromatic hydroxyl groups is 1. The van der Waals surface area contributed by atoms with Crippen molar-refractivity contribution in [3.63, 3.8) is 0 Å². The quantitative estimate of drug-likeness (QED) is 0.507. The highest BCUT2D eigenvalue weighted by molar-refractivity contribution is 5.93. The summed E-state index contributed by atoms with van der Waals surface area (Å²) in [6, 6.07) is 12.8. The predicted molar refractivity (Wildman–Crippen MR) is 90.6 cm³/mol. The van der Waals surface area contributed by atoms with Crippen molar-refractivity contribution < 1.29 is 14.6 Å². The fraction of sp³-hybridized carbons (Fsp3) is 0.111. The second kappa shape index (κ2) is 7.79. The number of methoxy groups -OCH3 is 1. The van der Waals surface area contributed by atoms with Gasteiger partial charge in [0.1, 0.15) is 0 Å². The largest absolute Gasteiger partial charge is 0.504 e. The molecule has 0 heterocycles. The molecule has 1 amide bonds. The summed E-state index contributed by atoms with van der Waals surface area (Å²) in [7, 11) is 1.47. The maximum Gasteiger partial charge on any atom is 0.264 e. The van der Waals surface area contributed by atoms with Crippen molar-refractivity contribution in [2.45, 2.75) is 6.92 Å². The molecule has 0 unspecified atom stereocenters. The zero-order valence-corrected chi connectivity index (χ0v) is 13.0. The highest BCUT2D eigenvalue weighted by atomic mass is 16.5. The molecule has 5 heteroatoms. The van der Waals surface area contributed by atoms with Gasteiger partial charge >= 0.3 is 0 Å². The molecule has 0 saturated carbocycles. The number of benzene rings is 2. The number of nitrogens with zero attached hydrogens (tertiary/aromatic N) is 1. The van der Waals surface area contributed by atoms with Crippen molar-refractivity contribution in [2.24, 2.45) is 5.10 Å². The molecule has 0 fully saturated rings. The van der Waals surface area contributed by atoms with Crippen LogP contribution < -0.4 is 10.2 Å². The molecule has 0 aromatic heterocycles. The number of phenols is 1. The number of rotatable bonds is 5. The Bertz CT molecular complexity index is 734. The van der Waals surface area contributed by atoms with Crippen LogP contribution in [0.15, 0.2) is 53.6 Å². The van der Waals surface area contributed by atoms with Gasteiger partial charge in [0.05, 0.1) is 13.3 Å². The summed E-state index contributed by atoms with van der Waals surface area (Å²) in [5.74, 6) is -0.0352. The van der Waals surface area contributed by atoms with Crippen LogP contribution in [0.2, 0.25) is 0 Å². The second-order valence-electron chi connectivity index (χ2n) is 4.88. The number of hydrazone groups is 1. The molecular formula is C18H18N2O3. The van der Waals surface area contributed by atoms with E-state index in [4.69, 9.17) is 4.74 Å². The van der Waals surface area contributed by atoms with Crippen molar-refractivity contribution >= 4 is 18.2 Å². The first kappa shape index (κ1) is 16.3. The second-order valence-corrected chi connectivity index (χ2v) is 4.88. The number of aryl methyl sites for hydroxylation is 1. The first-order valence-corrected chi connectivity index (χ1v) is 7.04. The van der Waals surface area contributed by atoms with Crippen LogP contribution in [0, 0.1) is 6.92 Å². The summed E-state index contributed by atoms with van der Waals surface area (Å²) < 4.78 is 5.00. The minimum absolute atomic E-state index is 0.0248. The van der Waals surface area contributed by atoms with E-state index in [1.54, 1.807) is 24.3 Å². The Morgan fingerprint density at radius 1 is 1.22 bits per heavy atom. The van der Waals surface area contributed by atoms with Crippen molar-refractivity contribution in [1.29, 1.82) is 0 Å². The topological polar surface area (TPSA) is 70.9 Å².